The molecule has 1 heterocycles. The molecular formula is C14H12N2O6. The number of nitro groups is 1. The van der Waals surface area contributed by atoms with E-state index < -0.39 is 22.0 Å². The van der Waals surface area contributed by atoms with Crippen molar-refractivity contribution in [3.8, 4) is 11.3 Å². The second-order valence-electron chi connectivity index (χ2n) is 4.43. The fourth-order valence-electron chi connectivity index (χ4n) is 2.09. The van der Waals surface area contributed by atoms with E-state index in [1.54, 1.807) is 6.07 Å². The molecule has 22 heavy (non-hydrogen) atoms. The summed E-state index contributed by atoms with van der Waals surface area (Å²) in [5, 5.41) is 28.9. The molecule has 1 aromatic heterocycles. The van der Waals surface area contributed by atoms with Crippen molar-refractivity contribution in [2.75, 3.05) is 6.61 Å². The molecule has 0 aliphatic carbocycles. The molecule has 2 rings (SSSR count). The van der Waals surface area contributed by atoms with Crippen LogP contribution in [-0.2, 0) is 6.54 Å². The Morgan fingerprint density at radius 2 is 2.00 bits per heavy atom. The zero-order valence-electron chi connectivity index (χ0n) is 11.3. The molecule has 0 amide bonds. The Bertz CT molecular complexity index is 796. The van der Waals surface area contributed by atoms with Crippen LogP contribution >= 0.6 is 0 Å². The molecule has 0 aliphatic rings. The standard InChI is InChI=1S/C14H12N2O6/c17-7-6-15-12(5-4-11(13(15)18)14(19)20)9-2-1-3-10(8-9)16(21)22/h1-5,8,17H,6-7H2,(H,19,20). The monoisotopic (exact) mass is 304 g/mol. The van der Waals surface area contributed by atoms with Gasteiger partial charge in [0.2, 0.25) is 0 Å². The first kappa shape index (κ1) is 15.4. The Morgan fingerprint density at radius 1 is 1.27 bits per heavy atom. The van der Waals surface area contributed by atoms with Crippen LogP contribution in [0.25, 0.3) is 11.3 Å². The van der Waals surface area contributed by atoms with Crippen molar-refractivity contribution in [2.24, 2.45) is 0 Å². The molecule has 0 fully saturated rings. The first-order chi connectivity index (χ1) is 10.5. The number of rotatable bonds is 5. The molecule has 8 nitrogen and oxygen atoms in total. The Kier molecular flexibility index (Phi) is 4.33. The molecule has 0 radical (unpaired) electrons. The summed E-state index contributed by atoms with van der Waals surface area (Å²) < 4.78 is 1.09. The average molecular weight is 304 g/mol. The van der Waals surface area contributed by atoms with Crippen LogP contribution in [0.15, 0.2) is 41.2 Å². The maximum Gasteiger partial charge on any atom is 0.341 e. The normalized spacial score (nSPS) is 10.4. The third-order valence-corrected chi connectivity index (χ3v) is 3.08. The van der Waals surface area contributed by atoms with Gasteiger partial charge in [0, 0.05) is 24.2 Å². The fourth-order valence-corrected chi connectivity index (χ4v) is 2.09. The molecule has 0 saturated heterocycles. The number of nitrogens with zero attached hydrogens (tertiary/aromatic N) is 2. The third kappa shape index (κ3) is 2.86. The quantitative estimate of drug-likeness (QED) is 0.630. The largest absolute Gasteiger partial charge is 0.477 e. The van der Waals surface area contributed by atoms with Gasteiger partial charge in [-0.25, -0.2) is 4.79 Å². The number of hydrogen-bond donors (Lipinski definition) is 2. The summed E-state index contributed by atoms with van der Waals surface area (Å²) in [4.78, 5) is 33.4. The van der Waals surface area contributed by atoms with Crippen LogP contribution in [0, 0.1) is 10.1 Å². The van der Waals surface area contributed by atoms with E-state index in [0.29, 0.717) is 11.3 Å². The van der Waals surface area contributed by atoms with Crippen LogP contribution in [0.4, 0.5) is 5.69 Å². The third-order valence-electron chi connectivity index (χ3n) is 3.08. The SMILES string of the molecule is O=C(O)c1ccc(-c2cccc([N+](=O)[O-])c2)n(CCO)c1=O. The summed E-state index contributed by atoms with van der Waals surface area (Å²) >= 11 is 0. The number of carbonyl (C=O) groups is 1. The van der Waals surface area contributed by atoms with Gasteiger partial charge in [-0.15, -0.1) is 0 Å². The highest BCUT2D eigenvalue weighted by atomic mass is 16.6. The summed E-state index contributed by atoms with van der Waals surface area (Å²) in [6.45, 7) is -0.483. The number of carboxylic acid groups (broad SMARTS) is 1. The molecule has 2 N–H and O–H groups in total. The van der Waals surface area contributed by atoms with E-state index in [1.807, 2.05) is 0 Å². The van der Waals surface area contributed by atoms with E-state index in [4.69, 9.17) is 10.2 Å². The number of hydrogen-bond acceptors (Lipinski definition) is 5. The average Bonchev–Trinajstić information content (AvgIpc) is 2.49. The van der Waals surface area contributed by atoms with Gasteiger partial charge in [-0.1, -0.05) is 12.1 Å². The first-order valence-corrected chi connectivity index (χ1v) is 6.28. The van der Waals surface area contributed by atoms with Crippen molar-refractivity contribution >= 4 is 11.7 Å². The zero-order chi connectivity index (χ0) is 16.3. The minimum Gasteiger partial charge on any atom is -0.477 e. The van der Waals surface area contributed by atoms with Gasteiger partial charge in [0.05, 0.1) is 17.2 Å². The van der Waals surface area contributed by atoms with Crippen molar-refractivity contribution in [2.45, 2.75) is 6.54 Å². The van der Waals surface area contributed by atoms with Gasteiger partial charge < -0.3 is 14.8 Å². The highest BCUT2D eigenvalue weighted by Crippen LogP contribution is 2.23. The predicted octanol–water partition coefficient (Wildman–Crippen LogP) is 1.11. The predicted molar refractivity (Wildman–Crippen MR) is 76.8 cm³/mol. The maximum atomic E-state index is 12.2. The van der Waals surface area contributed by atoms with Gasteiger partial charge in [0.15, 0.2) is 0 Å². The molecule has 0 aliphatic heterocycles. The molecule has 8 heteroatoms. The summed E-state index contributed by atoms with van der Waals surface area (Å²) in [5.41, 5.74) is -0.666. The second kappa shape index (κ2) is 6.19. The summed E-state index contributed by atoms with van der Waals surface area (Å²) in [7, 11) is 0. The Morgan fingerprint density at radius 3 is 2.59 bits per heavy atom. The smallest absolute Gasteiger partial charge is 0.341 e. The number of non-ortho nitro benzene ring substituents is 1. The lowest BCUT2D eigenvalue weighted by molar-refractivity contribution is -0.384. The number of aliphatic hydroxyl groups excluding tert-OH is 1. The molecular weight excluding hydrogens is 292 g/mol. The number of aromatic carboxylic acids is 1. The van der Waals surface area contributed by atoms with Crippen molar-refractivity contribution < 1.29 is 19.9 Å². The number of benzene rings is 1. The van der Waals surface area contributed by atoms with E-state index in [2.05, 4.69) is 0 Å². The van der Waals surface area contributed by atoms with E-state index in [9.17, 15) is 19.7 Å². The second-order valence-corrected chi connectivity index (χ2v) is 4.43. The summed E-state index contributed by atoms with van der Waals surface area (Å²) in [6, 6.07) is 8.15. The van der Waals surface area contributed by atoms with Crippen molar-refractivity contribution in [1.29, 1.82) is 0 Å². The molecule has 0 spiro atoms. The highest BCUT2D eigenvalue weighted by molar-refractivity contribution is 5.87. The lowest BCUT2D eigenvalue weighted by Crippen LogP contribution is -2.28. The number of aliphatic hydroxyl groups is 1. The van der Waals surface area contributed by atoms with Gasteiger partial charge in [0.1, 0.15) is 5.56 Å². The van der Waals surface area contributed by atoms with Crippen molar-refractivity contribution in [3.05, 3.63) is 62.4 Å². The Balaban J connectivity index is 2.67. The first-order valence-electron chi connectivity index (χ1n) is 6.28. The molecule has 0 atom stereocenters. The van der Waals surface area contributed by atoms with Crippen LogP contribution in [0.3, 0.4) is 0 Å². The van der Waals surface area contributed by atoms with E-state index in [0.717, 1.165) is 10.6 Å². The van der Waals surface area contributed by atoms with Crippen LogP contribution < -0.4 is 5.56 Å². The molecule has 2 aromatic rings. The molecule has 0 unspecified atom stereocenters. The number of aromatic nitrogens is 1. The van der Waals surface area contributed by atoms with E-state index >= 15 is 0 Å². The molecule has 1 aromatic carbocycles. The minimum absolute atomic E-state index is 0.113. The molecule has 114 valence electrons. The number of nitro benzene ring substituents is 1. The van der Waals surface area contributed by atoms with Crippen molar-refractivity contribution in [1.82, 2.24) is 4.57 Å². The van der Waals surface area contributed by atoms with Crippen LogP contribution in [0.1, 0.15) is 10.4 Å². The summed E-state index contributed by atoms with van der Waals surface area (Å²) in [5.74, 6) is -1.37. The molecule has 0 saturated carbocycles. The fraction of sp³-hybridized carbons (Fsp3) is 0.143. The van der Waals surface area contributed by atoms with Gasteiger partial charge in [0.25, 0.3) is 11.2 Å². The van der Waals surface area contributed by atoms with Gasteiger partial charge >= 0.3 is 5.97 Å². The van der Waals surface area contributed by atoms with Crippen LogP contribution in [0.2, 0.25) is 0 Å². The minimum atomic E-state index is -1.37. The zero-order valence-corrected chi connectivity index (χ0v) is 11.3. The highest BCUT2D eigenvalue weighted by Gasteiger charge is 2.16. The van der Waals surface area contributed by atoms with Crippen LogP contribution in [0.5, 0.6) is 0 Å². The Labute approximate surface area is 124 Å². The van der Waals surface area contributed by atoms with Crippen LogP contribution in [-0.4, -0.2) is 32.3 Å². The van der Waals surface area contributed by atoms with Gasteiger partial charge in [-0.3, -0.25) is 14.9 Å². The van der Waals surface area contributed by atoms with Crippen molar-refractivity contribution in [3.63, 3.8) is 0 Å². The van der Waals surface area contributed by atoms with E-state index in [1.165, 1.54) is 24.3 Å². The van der Waals surface area contributed by atoms with E-state index in [-0.39, 0.29) is 18.8 Å². The van der Waals surface area contributed by atoms with Gasteiger partial charge in [-0.05, 0) is 12.1 Å². The topological polar surface area (TPSA) is 123 Å². The lowest BCUT2D eigenvalue weighted by atomic mass is 10.1. The molecule has 0 bridgehead atoms. The Hall–Kier alpha value is -3.00. The summed E-state index contributed by atoms with van der Waals surface area (Å²) in [6.07, 6.45) is 0. The maximum absolute atomic E-state index is 12.2. The lowest BCUT2D eigenvalue weighted by Gasteiger charge is -2.12. The van der Waals surface area contributed by atoms with Gasteiger partial charge in [-0.2, -0.15) is 0 Å². The number of carboxylic acids is 1. The number of pyridine rings is 1.